The molecular weight excluding hydrogens is 190 g/mol. The van der Waals surface area contributed by atoms with Gasteiger partial charge in [-0.3, -0.25) is 0 Å². The average molecular weight is 209 g/mol. The zero-order chi connectivity index (χ0) is 10.7. The minimum Gasteiger partial charge on any atom is -0.316 e. The van der Waals surface area contributed by atoms with E-state index in [-0.39, 0.29) is 0 Å². The van der Waals surface area contributed by atoms with Crippen molar-refractivity contribution in [2.24, 2.45) is 12.5 Å². The topological polar surface area (TPSA) is 55.6 Å². The maximum absolute atomic E-state index is 4.25. The Kier molecular flexibility index (Phi) is 3.00. The minimum absolute atomic E-state index is 0.402. The largest absolute Gasteiger partial charge is 0.316 e. The second kappa shape index (κ2) is 4.26. The van der Waals surface area contributed by atoms with E-state index in [1.165, 1.54) is 24.1 Å². The van der Waals surface area contributed by atoms with Crippen molar-refractivity contribution < 1.29 is 0 Å². The molecule has 0 radical (unpaired) electrons. The summed E-state index contributed by atoms with van der Waals surface area (Å²) < 4.78 is 0. The molecule has 0 unspecified atom stereocenters. The predicted molar refractivity (Wildman–Crippen MR) is 57.3 cm³/mol. The molecule has 1 aliphatic rings. The average Bonchev–Trinajstić information content (AvgIpc) is 2.56. The third-order valence-electron chi connectivity index (χ3n) is 3.25. The molecule has 5 heteroatoms. The lowest BCUT2D eigenvalue weighted by Gasteiger charge is -2.41. The first-order chi connectivity index (χ1) is 7.24. The highest BCUT2D eigenvalue weighted by atomic mass is 15.6. The Morgan fingerprint density at radius 2 is 2.27 bits per heavy atom. The van der Waals surface area contributed by atoms with Gasteiger partial charge in [-0.25, -0.2) is 0 Å². The first kappa shape index (κ1) is 10.5. The molecule has 0 spiro atoms. The van der Waals surface area contributed by atoms with Crippen LogP contribution < -0.4 is 5.32 Å². The summed E-state index contributed by atoms with van der Waals surface area (Å²) in [5.74, 6) is 0.884. The second-order valence-electron chi connectivity index (χ2n) is 4.51. The molecule has 1 aromatic heterocycles. The maximum atomic E-state index is 4.25. The van der Waals surface area contributed by atoms with Crippen LogP contribution >= 0.6 is 0 Å². The molecule has 1 heterocycles. The highest BCUT2D eigenvalue weighted by Gasteiger charge is 2.37. The Bertz CT molecular complexity index is 315. The van der Waals surface area contributed by atoms with Gasteiger partial charge in [0, 0.05) is 13.0 Å². The number of hydrogen-bond acceptors (Lipinski definition) is 4. The molecule has 2 rings (SSSR count). The van der Waals surface area contributed by atoms with Crippen LogP contribution in [0.5, 0.6) is 0 Å². The molecule has 15 heavy (non-hydrogen) atoms. The molecule has 84 valence electrons. The Morgan fingerprint density at radius 1 is 1.47 bits per heavy atom. The van der Waals surface area contributed by atoms with Crippen LogP contribution in [0.25, 0.3) is 0 Å². The van der Waals surface area contributed by atoms with E-state index in [2.05, 4.69) is 27.7 Å². The summed E-state index contributed by atoms with van der Waals surface area (Å²) >= 11 is 0. The maximum Gasteiger partial charge on any atom is 0.175 e. The molecule has 1 aromatic rings. The number of hydrogen-bond donors (Lipinski definition) is 1. The number of aromatic nitrogens is 4. The summed E-state index contributed by atoms with van der Waals surface area (Å²) in [7, 11) is 1.81. The van der Waals surface area contributed by atoms with Gasteiger partial charge in [-0.1, -0.05) is 13.3 Å². The summed E-state index contributed by atoms with van der Waals surface area (Å²) in [6.07, 6.45) is 4.88. The van der Waals surface area contributed by atoms with E-state index >= 15 is 0 Å². The first-order valence-corrected chi connectivity index (χ1v) is 5.68. The van der Waals surface area contributed by atoms with E-state index in [0.717, 1.165) is 25.3 Å². The monoisotopic (exact) mass is 209 g/mol. The van der Waals surface area contributed by atoms with Crippen molar-refractivity contribution in [3.8, 4) is 0 Å². The van der Waals surface area contributed by atoms with Gasteiger partial charge in [0.25, 0.3) is 0 Å². The van der Waals surface area contributed by atoms with E-state index < -0.39 is 0 Å². The van der Waals surface area contributed by atoms with Gasteiger partial charge in [-0.05, 0) is 30.0 Å². The molecule has 1 N–H and O–H groups in total. The molecule has 0 saturated heterocycles. The number of nitrogens with one attached hydrogen (secondary N) is 1. The van der Waals surface area contributed by atoms with Crippen LogP contribution in [0.3, 0.4) is 0 Å². The zero-order valence-electron chi connectivity index (χ0n) is 9.53. The lowest BCUT2D eigenvalue weighted by molar-refractivity contribution is 0.128. The highest BCUT2D eigenvalue weighted by molar-refractivity contribution is 4.97. The van der Waals surface area contributed by atoms with E-state index in [4.69, 9.17) is 0 Å². The van der Waals surface area contributed by atoms with Crippen LogP contribution in [0.4, 0.5) is 0 Å². The van der Waals surface area contributed by atoms with E-state index in [1.54, 1.807) is 0 Å². The Labute approximate surface area is 90.2 Å². The molecule has 0 amide bonds. The fraction of sp³-hybridized carbons (Fsp3) is 0.900. The highest BCUT2D eigenvalue weighted by Crippen LogP contribution is 2.42. The van der Waals surface area contributed by atoms with Crippen LogP contribution in [0.1, 0.15) is 32.0 Å². The zero-order valence-corrected chi connectivity index (χ0v) is 9.53. The number of rotatable bonds is 5. The molecule has 0 aliphatic heterocycles. The quantitative estimate of drug-likeness (QED) is 0.768. The number of aryl methyl sites for hydroxylation is 1. The Morgan fingerprint density at radius 3 is 2.73 bits per heavy atom. The SMILES string of the molecule is CCNCC1(Cc2nnn(C)n2)CCC1. The van der Waals surface area contributed by atoms with Crippen LogP contribution in [-0.2, 0) is 13.5 Å². The van der Waals surface area contributed by atoms with Gasteiger partial charge in [0.2, 0.25) is 0 Å². The predicted octanol–water partition coefficient (Wildman–Crippen LogP) is 0.532. The number of tetrazole rings is 1. The van der Waals surface area contributed by atoms with E-state index in [0.29, 0.717) is 5.41 Å². The molecule has 1 aliphatic carbocycles. The summed E-state index contributed by atoms with van der Waals surface area (Å²) in [6, 6.07) is 0. The van der Waals surface area contributed by atoms with Gasteiger partial charge in [-0.2, -0.15) is 4.80 Å². The Hall–Kier alpha value is -0.970. The third-order valence-corrected chi connectivity index (χ3v) is 3.25. The smallest absolute Gasteiger partial charge is 0.175 e. The van der Waals surface area contributed by atoms with Gasteiger partial charge in [-0.15, -0.1) is 10.2 Å². The number of nitrogens with zero attached hydrogens (tertiary/aromatic N) is 4. The van der Waals surface area contributed by atoms with Crippen molar-refractivity contribution in [1.82, 2.24) is 25.5 Å². The van der Waals surface area contributed by atoms with Crippen molar-refractivity contribution in [2.45, 2.75) is 32.6 Å². The first-order valence-electron chi connectivity index (χ1n) is 5.68. The molecule has 5 nitrogen and oxygen atoms in total. The summed E-state index contributed by atoms with van der Waals surface area (Å²) in [5.41, 5.74) is 0.402. The van der Waals surface area contributed by atoms with Gasteiger partial charge in [0.15, 0.2) is 5.82 Å². The normalized spacial score (nSPS) is 18.8. The molecule has 1 fully saturated rings. The lowest BCUT2D eigenvalue weighted by Crippen LogP contribution is -2.41. The van der Waals surface area contributed by atoms with Gasteiger partial charge < -0.3 is 5.32 Å². The standard InChI is InChI=1S/C10H19N5/c1-3-11-8-10(5-4-6-10)7-9-12-14-15(2)13-9/h11H,3-8H2,1-2H3. The third kappa shape index (κ3) is 2.34. The van der Waals surface area contributed by atoms with Crippen LogP contribution in [0.15, 0.2) is 0 Å². The second-order valence-corrected chi connectivity index (χ2v) is 4.51. The van der Waals surface area contributed by atoms with Crippen LogP contribution in [-0.4, -0.2) is 33.3 Å². The molecule has 0 aromatic carbocycles. The van der Waals surface area contributed by atoms with Crippen molar-refractivity contribution in [3.63, 3.8) is 0 Å². The summed E-state index contributed by atoms with van der Waals surface area (Å²) in [4.78, 5) is 1.54. The lowest BCUT2D eigenvalue weighted by atomic mass is 9.66. The molecule has 0 bridgehead atoms. The minimum atomic E-state index is 0.402. The van der Waals surface area contributed by atoms with Crippen molar-refractivity contribution >= 4 is 0 Å². The summed E-state index contributed by atoms with van der Waals surface area (Å²) in [5, 5.41) is 15.6. The van der Waals surface area contributed by atoms with E-state index in [1.807, 2.05) is 7.05 Å². The van der Waals surface area contributed by atoms with Gasteiger partial charge in [0.1, 0.15) is 0 Å². The van der Waals surface area contributed by atoms with Crippen molar-refractivity contribution in [1.29, 1.82) is 0 Å². The van der Waals surface area contributed by atoms with Crippen molar-refractivity contribution in [3.05, 3.63) is 5.82 Å². The fourth-order valence-corrected chi connectivity index (χ4v) is 2.21. The summed E-state index contributed by atoms with van der Waals surface area (Å²) in [6.45, 7) is 4.27. The van der Waals surface area contributed by atoms with Gasteiger partial charge in [0.05, 0.1) is 7.05 Å². The van der Waals surface area contributed by atoms with E-state index in [9.17, 15) is 0 Å². The molecular formula is C10H19N5. The molecule has 0 atom stereocenters. The van der Waals surface area contributed by atoms with Crippen LogP contribution in [0.2, 0.25) is 0 Å². The van der Waals surface area contributed by atoms with Crippen LogP contribution in [0, 0.1) is 5.41 Å². The van der Waals surface area contributed by atoms with Gasteiger partial charge >= 0.3 is 0 Å². The fourth-order valence-electron chi connectivity index (χ4n) is 2.21. The molecule has 1 saturated carbocycles. The van der Waals surface area contributed by atoms with Crippen molar-refractivity contribution in [2.75, 3.05) is 13.1 Å². The Balaban J connectivity index is 1.95.